The van der Waals surface area contributed by atoms with Crippen LogP contribution in [0.15, 0.2) is 12.7 Å². The fourth-order valence-corrected chi connectivity index (χ4v) is 4.51. The number of ether oxygens (including phenoxy) is 1. The second-order valence-corrected chi connectivity index (χ2v) is 7.44. The first kappa shape index (κ1) is 16.8. The lowest BCUT2D eigenvalue weighted by atomic mass is 9.76. The van der Waals surface area contributed by atoms with E-state index in [2.05, 4.69) is 22.1 Å². The van der Waals surface area contributed by atoms with Crippen LogP contribution in [0.4, 0.5) is 4.79 Å². The monoisotopic (exact) mass is 321 g/mol. The van der Waals surface area contributed by atoms with E-state index in [-0.39, 0.29) is 17.5 Å². The zero-order valence-electron chi connectivity index (χ0n) is 14.2. The number of carbonyl (C=O) groups excluding carboxylic acids is 1. The Morgan fingerprint density at radius 2 is 1.96 bits per heavy atom. The lowest BCUT2D eigenvalue weighted by Gasteiger charge is -2.42. The van der Waals surface area contributed by atoms with Crippen molar-refractivity contribution in [1.29, 1.82) is 0 Å². The highest BCUT2D eigenvalue weighted by molar-refractivity contribution is 5.74. The highest BCUT2D eigenvalue weighted by atomic mass is 16.5. The van der Waals surface area contributed by atoms with Gasteiger partial charge < -0.3 is 15.4 Å². The first-order valence-electron chi connectivity index (χ1n) is 9.20. The lowest BCUT2D eigenvalue weighted by Crippen LogP contribution is -2.56. The minimum atomic E-state index is 0.0188. The van der Waals surface area contributed by atoms with Crippen LogP contribution in [0.2, 0.25) is 0 Å². The predicted molar refractivity (Wildman–Crippen MR) is 91.5 cm³/mol. The van der Waals surface area contributed by atoms with Gasteiger partial charge in [0.25, 0.3) is 0 Å². The fraction of sp³-hybridized carbons (Fsp3) is 0.833. The molecule has 2 N–H and O–H groups in total. The molecule has 1 spiro atoms. The van der Waals surface area contributed by atoms with Crippen LogP contribution in [-0.2, 0) is 4.74 Å². The number of rotatable bonds is 4. The van der Waals surface area contributed by atoms with E-state index in [0.717, 1.165) is 52.1 Å². The molecule has 2 saturated heterocycles. The maximum atomic E-state index is 12.4. The van der Waals surface area contributed by atoms with Crippen molar-refractivity contribution in [2.24, 2.45) is 5.41 Å². The van der Waals surface area contributed by atoms with Crippen molar-refractivity contribution in [1.82, 2.24) is 15.5 Å². The van der Waals surface area contributed by atoms with Gasteiger partial charge in [0.2, 0.25) is 0 Å². The number of hydrogen-bond donors (Lipinski definition) is 2. The Kier molecular flexibility index (Phi) is 5.59. The summed E-state index contributed by atoms with van der Waals surface area (Å²) in [5.74, 6) is 0. The third-order valence-electron chi connectivity index (χ3n) is 5.89. The Balaban J connectivity index is 1.46. The second-order valence-electron chi connectivity index (χ2n) is 7.44. The number of hydrogen-bond acceptors (Lipinski definition) is 3. The summed E-state index contributed by atoms with van der Waals surface area (Å²) in [5, 5.41) is 6.47. The van der Waals surface area contributed by atoms with Gasteiger partial charge in [0.15, 0.2) is 0 Å². The number of piperidine rings is 1. The number of urea groups is 1. The molecule has 3 rings (SSSR count). The molecule has 0 radical (unpaired) electrons. The first-order chi connectivity index (χ1) is 11.2. The molecular weight excluding hydrogens is 290 g/mol. The Labute approximate surface area is 139 Å². The summed E-state index contributed by atoms with van der Waals surface area (Å²) < 4.78 is 5.72. The summed E-state index contributed by atoms with van der Waals surface area (Å²) in [4.78, 5) is 14.8. The molecule has 23 heavy (non-hydrogen) atoms. The van der Waals surface area contributed by atoms with Crippen molar-refractivity contribution in [3.05, 3.63) is 12.7 Å². The summed E-state index contributed by atoms with van der Waals surface area (Å²) in [6.45, 7) is 8.41. The molecule has 3 aliphatic rings. The molecule has 3 fully saturated rings. The van der Waals surface area contributed by atoms with Crippen molar-refractivity contribution >= 4 is 6.03 Å². The Bertz CT molecular complexity index is 412. The highest BCUT2D eigenvalue weighted by Crippen LogP contribution is 2.44. The van der Waals surface area contributed by atoms with Gasteiger partial charge >= 0.3 is 6.03 Å². The quantitative estimate of drug-likeness (QED) is 0.781. The third-order valence-corrected chi connectivity index (χ3v) is 5.89. The van der Waals surface area contributed by atoms with Crippen molar-refractivity contribution in [2.45, 2.75) is 57.0 Å². The molecule has 0 aromatic heterocycles. The molecule has 1 unspecified atom stereocenters. The van der Waals surface area contributed by atoms with E-state index >= 15 is 0 Å². The predicted octanol–water partition coefficient (Wildman–Crippen LogP) is 2.29. The van der Waals surface area contributed by atoms with Crippen molar-refractivity contribution in [2.75, 3.05) is 32.8 Å². The summed E-state index contributed by atoms with van der Waals surface area (Å²) in [6, 6.07) is 0.598. The second kappa shape index (κ2) is 7.67. The minimum absolute atomic E-state index is 0.0188. The zero-order chi connectivity index (χ0) is 16.1. The van der Waals surface area contributed by atoms with Crippen LogP contribution in [0, 0.1) is 5.41 Å². The van der Waals surface area contributed by atoms with Gasteiger partial charge in [-0.3, -0.25) is 4.90 Å². The SMILES string of the molecule is C=CCN1CCC(NC(=O)NC2CCOCC23CCCC3)CC1. The van der Waals surface area contributed by atoms with Gasteiger partial charge in [-0.15, -0.1) is 6.58 Å². The number of nitrogens with one attached hydrogen (secondary N) is 2. The summed E-state index contributed by atoms with van der Waals surface area (Å²) in [6.07, 6.45) is 9.88. The van der Waals surface area contributed by atoms with Crippen molar-refractivity contribution in [3.63, 3.8) is 0 Å². The average molecular weight is 321 g/mol. The van der Waals surface area contributed by atoms with Gasteiger partial charge in [0.05, 0.1) is 6.61 Å². The molecule has 0 bridgehead atoms. The molecule has 2 aliphatic heterocycles. The summed E-state index contributed by atoms with van der Waals surface area (Å²) in [5.41, 5.74) is 0.197. The van der Waals surface area contributed by atoms with Gasteiger partial charge in [-0.05, 0) is 32.1 Å². The molecule has 2 heterocycles. The highest BCUT2D eigenvalue weighted by Gasteiger charge is 2.44. The minimum Gasteiger partial charge on any atom is -0.381 e. The molecule has 1 aliphatic carbocycles. The molecular formula is C18H31N3O2. The molecule has 0 aromatic carbocycles. The Morgan fingerprint density at radius 1 is 1.22 bits per heavy atom. The molecule has 1 saturated carbocycles. The number of nitrogens with zero attached hydrogens (tertiary/aromatic N) is 1. The Morgan fingerprint density at radius 3 is 2.65 bits per heavy atom. The van der Waals surface area contributed by atoms with Crippen LogP contribution in [0.1, 0.15) is 44.9 Å². The van der Waals surface area contributed by atoms with Crippen molar-refractivity contribution < 1.29 is 9.53 Å². The van der Waals surface area contributed by atoms with Gasteiger partial charge in [-0.1, -0.05) is 18.9 Å². The van der Waals surface area contributed by atoms with Gasteiger partial charge in [0.1, 0.15) is 0 Å². The van der Waals surface area contributed by atoms with E-state index in [4.69, 9.17) is 4.74 Å². The van der Waals surface area contributed by atoms with E-state index < -0.39 is 0 Å². The smallest absolute Gasteiger partial charge is 0.315 e. The third kappa shape index (κ3) is 4.07. The molecule has 0 aromatic rings. The molecule has 5 heteroatoms. The normalized spacial score (nSPS) is 28.6. The van der Waals surface area contributed by atoms with Crippen LogP contribution >= 0.6 is 0 Å². The van der Waals surface area contributed by atoms with Crippen LogP contribution in [0.5, 0.6) is 0 Å². The zero-order valence-corrected chi connectivity index (χ0v) is 14.2. The van der Waals surface area contributed by atoms with Crippen LogP contribution in [0.3, 0.4) is 0 Å². The van der Waals surface area contributed by atoms with Crippen molar-refractivity contribution in [3.8, 4) is 0 Å². The van der Waals surface area contributed by atoms with Crippen LogP contribution in [0.25, 0.3) is 0 Å². The number of likely N-dealkylation sites (tertiary alicyclic amines) is 1. The molecule has 2 amide bonds. The van der Waals surface area contributed by atoms with Gasteiger partial charge in [-0.25, -0.2) is 4.79 Å². The lowest BCUT2D eigenvalue weighted by molar-refractivity contribution is -0.0265. The summed E-state index contributed by atoms with van der Waals surface area (Å²) in [7, 11) is 0. The van der Waals surface area contributed by atoms with E-state index in [1.54, 1.807) is 0 Å². The summed E-state index contributed by atoms with van der Waals surface area (Å²) >= 11 is 0. The maximum absolute atomic E-state index is 12.4. The van der Waals surface area contributed by atoms with E-state index in [0.29, 0.717) is 6.04 Å². The first-order valence-corrected chi connectivity index (χ1v) is 9.20. The molecule has 5 nitrogen and oxygen atoms in total. The van der Waals surface area contributed by atoms with Crippen LogP contribution in [-0.4, -0.2) is 55.9 Å². The molecule has 1 atom stereocenters. The maximum Gasteiger partial charge on any atom is 0.315 e. The van der Waals surface area contributed by atoms with Gasteiger partial charge in [-0.2, -0.15) is 0 Å². The Hall–Kier alpha value is -1.07. The fourth-order valence-electron chi connectivity index (χ4n) is 4.51. The van der Waals surface area contributed by atoms with Crippen LogP contribution < -0.4 is 10.6 Å². The average Bonchev–Trinajstić information content (AvgIpc) is 3.01. The number of carbonyl (C=O) groups is 1. The number of amides is 2. The van der Waals surface area contributed by atoms with E-state index in [9.17, 15) is 4.79 Å². The topological polar surface area (TPSA) is 53.6 Å². The standard InChI is InChI=1S/C18H31N3O2/c1-2-10-21-11-5-15(6-12-21)19-17(22)20-16-7-13-23-14-18(16)8-3-4-9-18/h2,15-16H,1,3-14H2,(H2,19,20,22). The molecule has 130 valence electrons. The van der Waals surface area contributed by atoms with Gasteiger partial charge in [0, 0.05) is 43.7 Å². The van der Waals surface area contributed by atoms with E-state index in [1.165, 1.54) is 25.7 Å². The van der Waals surface area contributed by atoms with E-state index in [1.807, 2.05) is 6.08 Å². The largest absolute Gasteiger partial charge is 0.381 e.